The third kappa shape index (κ3) is 9.26. The normalized spacial score (nSPS) is 10.0. The summed E-state index contributed by atoms with van der Waals surface area (Å²) < 4.78 is 4.66. The summed E-state index contributed by atoms with van der Waals surface area (Å²) in [6.07, 6.45) is 0.875. The standard InChI is InChI=1S/C10H21N3O3/c1-4-16-9(14)8-12-10(15)11-6-5-7-13(2)3/h4-8H2,1-3H3,(H2,11,12,15). The van der Waals surface area contributed by atoms with Gasteiger partial charge in [-0.25, -0.2) is 4.79 Å². The molecular weight excluding hydrogens is 210 g/mol. The molecule has 0 aliphatic heterocycles. The van der Waals surface area contributed by atoms with E-state index >= 15 is 0 Å². The molecule has 6 heteroatoms. The first-order valence-electron chi connectivity index (χ1n) is 5.38. The lowest BCUT2D eigenvalue weighted by Crippen LogP contribution is -2.39. The Morgan fingerprint density at radius 2 is 1.94 bits per heavy atom. The molecular formula is C10H21N3O3. The first kappa shape index (κ1) is 14.7. The molecule has 0 atom stereocenters. The summed E-state index contributed by atoms with van der Waals surface area (Å²) in [5.74, 6) is -0.425. The number of urea groups is 1. The quantitative estimate of drug-likeness (QED) is 0.470. The van der Waals surface area contributed by atoms with Crippen LogP contribution < -0.4 is 10.6 Å². The monoisotopic (exact) mass is 231 g/mol. The fourth-order valence-electron chi connectivity index (χ4n) is 1.02. The Hall–Kier alpha value is -1.30. The molecule has 6 nitrogen and oxygen atoms in total. The van der Waals surface area contributed by atoms with Crippen molar-refractivity contribution in [3.05, 3.63) is 0 Å². The highest BCUT2D eigenvalue weighted by Gasteiger charge is 2.04. The van der Waals surface area contributed by atoms with Crippen LogP contribution in [0, 0.1) is 0 Å². The highest BCUT2D eigenvalue weighted by Crippen LogP contribution is 1.81. The molecule has 0 aromatic rings. The van der Waals surface area contributed by atoms with Crippen LogP contribution >= 0.6 is 0 Å². The van der Waals surface area contributed by atoms with E-state index in [9.17, 15) is 9.59 Å². The smallest absolute Gasteiger partial charge is 0.325 e. The van der Waals surface area contributed by atoms with Gasteiger partial charge in [-0.1, -0.05) is 0 Å². The second-order valence-electron chi connectivity index (χ2n) is 3.57. The van der Waals surface area contributed by atoms with Crippen molar-refractivity contribution in [3.8, 4) is 0 Å². The van der Waals surface area contributed by atoms with Crippen molar-refractivity contribution in [2.45, 2.75) is 13.3 Å². The number of ether oxygens (including phenoxy) is 1. The molecule has 0 aromatic carbocycles. The molecule has 0 saturated carbocycles. The first-order chi connectivity index (χ1) is 7.56. The minimum Gasteiger partial charge on any atom is -0.465 e. The third-order valence-corrected chi connectivity index (χ3v) is 1.77. The Morgan fingerprint density at radius 1 is 1.25 bits per heavy atom. The number of nitrogens with one attached hydrogen (secondary N) is 2. The molecule has 0 spiro atoms. The Labute approximate surface area is 96.3 Å². The minimum absolute atomic E-state index is 0.0899. The third-order valence-electron chi connectivity index (χ3n) is 1.77. The second-order valence-corrected chi connectivity index (χ2v) is 3.57. The van der Waals surface area contributed by atoms with Crippen LogP contribution in [0.15, 0.2) is 0 Å². The van der Waals surface area contributed by atoms with Crippen molar-refractivity contribution in [2.24, 2.45) is 0 Å². The summed E-state index contributed by atoms with van der Waals surface area (Å²) in [5, 5.41) is 5.07. The number of hydrogen-bond donors (Lipinski definition) is 2. The molecule has 16 heavy (non-hydrogen) atoms. The Bertz CT molecular complexity index is 219. The van der Waals surface area contributed by atoms with E-state index in [4.69, 9.17) is 0 Å². The predicted molar refractivity (Wildman–Crippen MR) is 61.2 cm³/mol. The lowest BCUT2D eigenvalue weighted by Gasteiger charge is -2.10. The van der Waals surface area contributed by atoms with Crippen LogP contribution in [0.4, 0.5) is 4.79 Å². The van der Waals surface area contributed by atoms with Crippen LogP contribution in [0.25, 0.3) is 0 Å². The van der Waals surface area contributed by atoms with Gasteiger partial charge in [0, 0.05) is 6.54 Å². The van der Waals surface area contributed by atoms with Crippen LogP contribution in [0.1, 0.15) is 13.3 Å². The number of amides is 2. The number of esters is 1. The molecule has 0 saturated heterocycles. The van der Waals surface area contributed by atoms with Crippen LogP contribution in [-0.4, -0.2) is 57.2 Å². The molecule has 0 unspecified atom stereocenters. The Balaban J connectivity index is 3.41. The maximum Gasteiger partial charge on any atom is 0.325 e. The molecule has 2 amide bonds. The summed E-state index contributed by atoms with van der Waals surface area (Å²) in [5.41, 5.74) is 0. The second kappa shape index (κ2) is 8.96. The fraction of sp³-hybridized carbons (Fsp3) is 0.800. The lowest BCUT2D eigenvalue weighted by atomic mass is 10.4. The topological polar surface area (TPSA) is 70.7 Å². The maximum atomic E-state index is 11.2. The number of hydrogen-bond acceptors (Lipinski definition) is 4. The molecule has 2 N–H and O–H groups in total. The summed E-state index contributed by atoms with van der Waals surface area (Å²) in [6, 6.07) is -0.341. The zero-order valence-electron chi connectivity index (χ0n) is 10.2. The van der Waals surface area contributed by atoms with Crippen LogP contribution in [0.2, 0.25) is 0 Å². The average molecular weight is 231 g/mol. The number of carbonyl (C=O) groups is 2. The predicted octanol–water partition coefficient (Wildman–Crippen LogP) is -0.200. The molecule has 94 valence electrons. The van der Waals surface area contributed by atoms with Crippen molar-refractivity contribution in [3.63, 3.8) is 0 Å². The van der Waals surface area contributed by atoms with Gasteiger partial charge in [-0.05, 0) is 34.0 Å². The number of nitrogens with zero attached hydrogens (tertiary/aromatic N) is 1. The molecule has 0 bridgehead atoms. The van der Waals surface area contributed by atoms with E-state index in [0.29, 0.717) is 13.2 Å². The van der Waals surface area contributed by atoms with E-state index in [1.165, 1.54) is 0 Å². The SMILES string of the molecule is CCOC(=O)CNC(=O)NCCCN(C)C. The van der Waals surface area contributed by atoms with Gasteiger partial charge in [0.25, 0.3) is 0 Å². The van der Waals surface area contributed by atoms with Crippen molar-refractivity contribution in [1.29, 1.82) is 0 Å². The summed E-state index contributed by atoms with van der Waals surface area (Å²) in [6.45, 7) is 3.46. The zero-order valence-corrected chi connectivity index (χ0v) is 10.2. The van der Waals surface area contributed by atoms with Gasteiger partial charge in [0.05, 0.1) is 6.61 Å². The number of carbonyl (C=O) groups excluding carboxylic acids is 2. The van der Waals surface area contributed by atoms with E-state index in [1.807, 2.05) is 19.0 Å². The van der Waals surface area contributed by atoms with Crippen LogP contribution in [-0.2, 0) is 9.53 Å². The van der Waals surface area contributed by atoms with E-state index in [1.54, 1.807) is 6.92 Å². The maximum absolute atomic E-state index is 11.2. The highest BCUT2D eigenvalue weighted by molar-refractivity contribution is 5.80. The molecule has 0 rings (SSSR count). The van der Waals surface area contributed by atoms with Crippen LogP contribution in [0.5, 0.6) is 0 Å². The van der Waals surface area contributed by atoms with Crippen molar-refractivity contribution in [1.82, 2.24) is 15.5 Å². The van der Waals surface area contributed by atoms with Gasteiger partial charge >= 0.3 is 12.0 Å². The largest absolute Gasteiger partial charge is 0.465 e. The van der Waals surface area contributed by atoms with E-state index < -0.39 is 5.97 Å². The molecule has 0 fully saturated rings. The molecule has 0 heterocycles. The summed E-state index contributed by atoms with van der Waals surface area (Å²) in [4.78, 5) is 24.1. The zero-order chi connectivity index (χ0) is 12.4. The Morgan fingerprint density at radius 3 is 2.50 bits per heavy atom. The first-order valence-corrected chi connectivity index (χ1v) is 5.38. The summed E-state index contributed by atoms with van der Waals surface area (Å²) >= 11 is 0. The number of rotatable bonds is 7. The van der Waals surface area contributed by atoms with Crippen molar-refractivity contribution < 1.29 is 14.3 Å². The van der Waals surface area contributed by atoms with Crippen LogP contribution in [0.3, 0.4) is 0 Å². The van der Waals surface area contributed by atoms with Gasteiger partial charge < -0.3 is 20.3 Å². The minimum atomic E-state index is -0.425. The average Bonchev–Trinajstić information content (AvgIpc) is 2.22. The van der Waals surface area contributed by atoms with Gasteiger partial charge in [0.1, 0.15) is 6.54 Å². The van der Waals surface area contributed by atoms with Crippen molar-refractivity contribution >= 4 is 12.0 Å². The molecule has 0 aliphatic rings. The van der Waals surface area contributed by atoms with E-state index in [2.05, 4.69) is 15.4 Å². The lowest BCUT2D eigenvalue weighted by molar-refractivity contribution is -0.141. The Kier molecular flexibility index (Phi) is 8.24. The highest BCUT2D eigenvalue weighted by atomic mass is 16.5. The van der Waals surface area contributed by atoms with Gasteiger partial charge in [-0.2, -0.15) is 0 Å². The van der Waals surface area contributed by atoms with Gasteiger partial charge in [0.2, 0.25) is 0 Å². The van der Waals surface area contributed by atoms with E-state index in [-0.39, 0.29) is 12.6 Å². The summed E-state index contributed by atoms with van der Waals surface area (Å²) in [7, 11) is 3.95. The van der Waals surface area contributed by atoms with Crippen molar-refractivity contribution in [2.75, 3.05) is 40.3 Å². The van der Waals surface area contributed by atoms with Gasteiger partial charge in [-0.15, -0.1) is 0 Å². The molecule has 0 radical (unpaired) electrons. The van der Waals surface area contributed by atoms with E-state index in [0.717, 1.165) is 13.0 Å². The van der Waals surface area contributed by atoms with Gasteiger partial charge in [-0.3, -0.25) is 4.79 Å². The van der Waals surface area contributed by atoms with Gasteiger partial charge in [0.15, 0.2) is 0 Å². The molecule has 0 aliphatic carbocycles. The molecule has 0 aromatic heterocycles. The fourth-order valence-corrected chi connectivity index (χ4v) is 1.02.